The quantitative estimate of drug-likeness (QED) is 0.254. The average Bonchev–Trinajstić information content (AvgIpc) is 2.79. The third-order valence-corrected chi connectivity index (χ3v) is 4.50. The zero-order valence-corrected chi connectivity index (χ0v) is 19.7. The van der Waals surface area contributed by atoms with E-state index in [4.69, 9.17) is 21.1 Å². The molecule has 0 aliphatic rings. The Kier molecular flexibility index (Phi) is 9.38. The highest BCUT2D eigenvalue weighted by molar-refractivity contribution is 6.40. The van der Waals surface area contributed by atoms with Gasteiger partial charge in [0.25, 0.3) is 0 Å². The summed E-state index contributed by atoms with van der Waals surface area (Å²) in [7, 11) is 2.78. The van der Waals surface area contributed by atoms with E-state index in [1.54, 1.807) is 24.3 Å². The van der Waals surface area contributed by atoms with Gasteiger partial charge in [-0.1, -0.05) is 23.7 Å². The number of methoxy groups -OCH3 is 2. The summed E-state index contributed by atoms with van der Waals surface area (Å²) < 4.78 is 10.2. The summed E-state index contributed by atoms with van der Waals surface area (Å²) in [5.74, 6) is -2.30. The molecule has 11 nitrogen and oxygen atoms in total. The van der Waals surface area contributed by atoms with Crippen LogP contribution in [0.2, 0.25) is 5.02 Å². The Hall–Kier alpha value is -4.12. The molecule has 0 aliphatic heterocycles. The van der Waals surface area contributed by atoms with Gasteiger partial charge in [0.15, 0.2) is 0 Å². The van der Waals surface area contributed by atoms with Gasteiger partial charge < -0.3 is 25.4 Å². The van der Waals surface area contributed by atoms with Crippen LogP contribution < -0.4 is 30.8 Å². The highest BCUT2D eigenvalue weighted by Crippen LogP contribution is 2.35. The van der Waals surface area contributed by atoms with Crippen LogP contribution >= 0.6 is 11.6 Å². The zero-order chi connectivity index (χ0) is 25.3. The maximum atomic E-state index is 12.3. The van der Waals surface area contributed by atoms with Crippen LogP contribution in [-0.4, -0.2) is 43.6 Å². The van der Waals surface area contributed by atoms with Gasteiger partial charge in [0.2, 0.25) is 11.8 Å². The predicted octanol–water partition coefficient (Wildman–Crippen LogP) is 2.78. The Morgan fingerprint density at radius 2 is 1.47 bits per heavy atom. The van der Waals surface area contributed by atoms with Crippen molar-refractivity contribution >= 4 is 58.0 Å². The molecule has 0 aliphatic carbocycles. The molecule has 0 aromatic heterocycles. The zero-order valence-electron chi connectivity index (χ0n) is 18.9. The number of rotatable bonds is 8. The maximum Gasteiger partial charge on any atom is 0.329 e. The minimum Gasteiger partial charge on any atom is -0.495 e. The van der Waals surface area contributed by atoms with Gasteiger partial charge in [-0.25, -0.2) is 5.43 Å². The van der Waals surface area contributed by atoms with Gasteiger partial charge in [-0.2, -0.15) is 5.10 Å². The maximum absolute atomic E-state index is 12.3. The summed E-state index contributed by atoms with van der Waals surface area (Å²) in [4.78, 5) is 48.0. The molecule has 2 aromatic rings. The van der Waals surface area contributed by atoms with Crippen molar-refractivity contribution in [3.8, 4) is 11.5 Å². The first-order valence-electron chi connectivity index (χ1n) is 9.87. The van der Waals surface area contributed by atoms with Crippen LogP contribution in [0.1, 0.15) is 20.3 Å². The molecular formula is C22H24ClN5O6. The molecule has 0 bridgehead atoms. The minimum atomic E-state index is -1.06. The van der Waals surface area contributed by atoms with E-state index in [0.29, 0.717) is 11.4 Å². The van der Waals surface area contributed by atoms with Crippen LogP contribution in [0.5, 0.6) is 11.5 Å². The normalized spacial score (nSPS) is 10.7. The molecule has 0 unspecified atom stereocenters. The van der Waals surface area contributed by atoms with E-state index < -0.39 is 17.7 Å². The van der Waals surface area contributed by atoms with Crippen molar-refractivity contribution in [3.05, 3.63) is 41.4 Å². The number of amides is 4. The lowest BCUT2D eigenvalue weighted by Crippen LogP contribution is -2.33. The van der Waals surface area contributed by atoms with Crippen LogP contribution in [0.15, 0.2) is 41.5 Å². The minimum absolute atomic E-state index is 0.168. The fourth-order valence-electron chi connectivity index (χ4n) is 2.69. The summed E-state index contributed by atoms with van der Waals surface area (Å²) in [6.45, 7) is 2.86. The molecule has 0 spiro atoms. The third-order valence-electron chi connectivity index (χ3n) is 4.20. The van der Waals surface area contributed by atoms with Crippen molar-refractivity contribution in [2.45, 2.75) is 20.3 Å². The highest BCUT2D eigenvalue weighted by Gasteiger charge is 2.18. The van der Waals surface area contributed by atoms with Crippen LogP contribution in [0, 0.1) is 0 Å². The predicted molar refractivity (Wildman–Crippen MR) is 128 cm³/mol. The molecule has 4 N–H and O–H groups in total. The molecule has 0 heterocycles. The Balaban J connectivity index is 1.97. The molecule has 0 saturated carbocycles. The molecule has 180 valence electrons. The van der Waals surface area contributed by atoms with Gasteiger partial charge in [0.1, 0.15) is 11.5 Å². The molecule has 0 radical (unpaired) electrons. The van der Waals surface area contributed by atoms with Crippen LogP contribution in [0.3, 0.4) is 0 Å². The Bertz CT molecular complexity index is 1130. The second kappa shape index (κ2) is 12.2. The summed E-state index contributed by atoms with van der Waals surface area (Å²) in [6.07, 6.45) is -0.168. The van der Waals surface area contributed by atoms with E-state index in [1.165, 1.54) is 40.2 Å². The topological polar surface area (TPSA) is 147 Å². The number of carbonyl (C=O) groups excluding carboxylic acids is 4. The lowest BCUT2D eigenvalue weighted by molar-refractivity contribution is -0.136. The first kappa shape index (κ1) is 26.1. The summed E-state index contributed by atoms with van der Waals surface area (Å²) in [5.41, 5.74) is 3.34. The van der Waals surface area contributed by atoms with Gasteiger partial charge >= 0.3 is 11.8 Å². The number of halogens is 1. The van der Waals surface area contributed by atoms with Gasteiger partial charge in [-0.05, 0) is 19.1 Å². The molecule has 0 saturated heterocycles. The summed E-state index contributed by atoms with van der Waals surface area (Å²) in [5, 5.41) is 11.7. The fraction of sp³-hybridized carbons (Fsp3) is 0.227. The van der Waals surface area contributed by atoms with Gasteiger partial charge in [0, 0.05) is 24.8 Å². The number of benzene rings is 2. The molecule has 4 amide bonds. The average molecular weight is 490 g/mol. The fourth-order valence-corrected chi connectivity index (χ4v) is 2.92. The first-order chi connectivity index (χ1) is 16.1. The Labute approximate surface area is 200 Å². The second-order valence-corrected chi connectivity index (χ2v) is 7.29. The van der Waals surface area contributed by atoms with E-state index in [1.807, 2.05) is 0 Å². The van der Waals surface area contributed by atoms with Gasteiger partial charge in [0.05, 0.1) is 42.7 Å². The standard InChI is InChI=1S/C22H24ClN5O6/c1-12(9-20(30)25-16-8-6-5-7-15(16)24-13(2)29)27-28-22(32)21(31)26-17-11-18(33-3)14(23)10-19(17)34-4/h5-8,10-11H,9H2,1-4H3,(H,24,29)(H,25,30)(H,26,31)(H,28,32)/b27-12+. The van der Waals surface area contributed by atoms with E-state index in [9.17, 15) is 19.2 Å². The smallest absolute Gasteiger partial charge is 0.329 e. The van der Waals surface area contributed by atoms with Crippen molar-refractivity contribution in [2.24, 2.45) is 5.10 Å². The first-order valence-corrected chi connectivity index (χ1v) is 10.2. The molecule has 2 aromatic carbocycles. The molecule has 34 heavy (non-hydrogen) atoms. The van der Waals surface area contributed by atoms with Gasteiger partial charge in [-0.3, -0.25) is 19.2 Å². The van der Waals surface area contributed by atoms with Crippen molar-refractivity contribution in [3.63, 3.8) is 0 Å². The van der Waals surface area contributed by atoms with Crippen molar-refractivity contribution in [2.75, 3.05) is 30.2 Å². The summed E-state index contributed by atoms with van der Waals surface area (Å²) in [6, 6.07) is 9.52. The highest BCUT2D eigenvalue weighted by atomic mass is 35.5. The molecule has 0 atom stereocenters. The second-order valence-electron chi connectivity index (χ2n) is 6.88. The van der Waals surface area contributed by atoms with E-state index in [2.05, 4.69) is 26.5 Å². The number of nitrogens with one attached hydrogen (secondary N) is 4. The Morgan fingerprint density at radius 3 is 2.06 bits per heavy atom. The third kappa shape index (κ3) is 7.48. The van der Waals surface area contributed by atoms with Crippen LogP contribution in [0.25, 0.3) is 0 Å². The molecule has 2 rings (SSSR count). The lowest BCUT2D eigenvalue weighted by atomic mass is 10.2. The van der Waals surface area contributed by atoms with E-state index >= 15 is 0 Å². The number of hydrogen-bond acceptors (Lipinski definition) is 7. The molecule has 0 fully saturated rings. The van der Waals surface area contributed by atoms with E-state index in [-0.39, 0.29) is 40.2 Å². The number of para-hydroxylation sites is 2. The summed E-state index contributed by atoms with van der Waals surface area (Å²) >= 11 is 6.02. The number of carbonyl (C=O) groups is 4. The number of hydrazone groups is 1. The number of anilines is 3. The van der Waals surface area contributed by atoms with Crippen molar-refractivity contribution < 1.29 is 28.7 Å². The van der Waals surface area contributed by atoms with Crippen LogP contribution in [0.4, 0.5) is 17.1 Å². The molecule has 12 heteroatoms. The monoisotopic (exact) mass is 489 g/mol. The number of nitrogens with zero attached hydrogens (tertiary/aromatic N) is 1. The Morgan fingerprint density at radius 1 is 0.853 bits per heavy atom. The largest absolute Gasteiger partial charge is 0.495 e. The SMILES string of the molecule is COc1cc(NC(=O)C(=O)N/N=C(\C)CC(=O)Nc2ccccc2NC(C)=O)c(OC)cc1Cl. The van der Waals surface area contributed by atoms with Crippen molar-refractivity contribution in [1.29, 1.82) is 0 Å². The molecular weight excluding hydrogens is 466 g/mol. The lowest BCUT2D eigenvalue weighted by Gasteiger charge is -2.12. The number of ether oxygens (including phenoxy) is 2. The van der Waals surface area contributed by atoms with Crippen molar-refractivity contribution in [1.82, 2.24) is 5.43 Å². The van der Waals surface area contributed by atoms with Crippen LogP contribution in [-0.2, 0) is 19.2 Å². The number of hydrogen-bond donors (Lipinski definition) is 4. The van der Waals surface area contributed by atoms with E-state index in [0.717, 1.165) is 0 Å². The van der Waals surface area contributed by atoms with Gasteiger partial charge in [-0.15, -0.1) is 0 Å².